The zero-order chi connectivity index (χ0) is 10.3. The minimum atomic E-state index is -0.336. The lowest BCUT2D eigenvalue weighted by Crippen LogP contribution is -2.27. The molecule has 0 aromatic heterocycles. The first-order chi connectivity index (χ1) is 6.20. The summed E-state index contributed by atoms with van der Waals surface area (Å²) in [4.78, 5) is 0. The first-order valence-corrected chi connectivity index (χ1v) is 6.79. The second-order valence-electron chi connectivity index (χ2n) is 2.82. The minimum absolute atomic E-state index is 0.285. The summed E-state index contributed by atoms with van der Waals surface area (Å²) in [5.41, 5.74) is 0. The van der Waals surface area contributed by atoms with Crippen molar-refractivity contribution >= 4 is 23.5 Å². The SMILES string of the molecule is C=CC(CCC)C(C#N)(SC)SC. The van der Waals surface area contributed by atoms with Gasteiger partial charge in [-0.15, -0.1) is 30.1 Å². The van der Waals surface area contributed by atoms with Crippen LogP contribution in [0.15, 0.2) is 12.7 Å². The van der Waals surface area contributed by atoms with Gasteiger partial charge < -0.3 is 0 Å². The molecule has 1 nitrogen and oxygen atoms in total. The zero-order valence-electron chi connectivity index (χ0n) is 8.54. The van der Waals surface area contributed by atoms with Gasteiger partial charge in [-0.25, -0.2) is 0 Å². The van der Waals surface area contributed by atoms with Gasteiger partial charge in [0.2, 0.25) is 0 Å². The van der Waals surface area contributed by atoms with Gasteiger partial charge >= 0.3 is 0 Å². The van der Waals surface area contributed by atoms with E-state index in [2.05, 4.69) is 19.6 Å². The minimum Gasteiger partial charge on any atom is -0.196 e. The molecule has 1 unspecified atom stereocenters. The highest BCUT2D eigenvalue weighted by atomic mass is 32.2. The molecule has 0 fully saturated rings. The third-order valence-corrected chi connectivity index (χ3v) is 5.14. The van der Waals surface area contributed by atoms with E-state index >= 15 is 0 Å². The topological polar surface area (TPSA) is 23.8 Å². The van der Waals surface area contributed by atoms with Crippen LogP contribution in [0.25, 0.3) is 0 Å². The molecule has 3 heteroatoms. The van der Waals surface area contributed by atoms with Gasteiger partial charge in [-0.2, -0.15) is 5.26 Å². The molecule has 0 amide bonds. The molecule has 0 saturated heterocycles. The van der Waals surface area contributed by atoms with Gasteiger partial charge in [0.25, 0.3) is 0 Å². The summed E-state index contributed by atoms with van der Waals surface area (Å²) < 4.78 is -0.336. The number of hydrogen-bond donors (Lipinski definition) is 0. The largest absolute Gasteiger partial charge is 0.196 e. The molecular weight excluding hydrogens is 198 g/mol. The molecule has 0 heterocycles. The van der Waals surface area contributed by atoms with E-state index in [1.165, 1.54) is 0 Å². The Bertz CT molecular complexity index is 192. The van der Waals surface area contributed by atoms with Crippen molar-refractivity contribution in [1.29, 1.82) is 5.26 Å². The first-order valence-electron chi connectivity index (χ1n) is 4.34. The lowest BCUT2D eigenvalue weighted by atomic mass is 10.00. The Hall–Kier alpha value is -0.0700. The van der Waals surface area contributed by atoms with E-state index in [4.69, 9.17) is 5.26 Å². The third-order valence-electron chi connectivity index (χ3n) is 2.13. The van der Waals surface area contributed by atoms with Crippen molar-refractivity contribution in [3.05, 3.63) is 12.7 Å². The van der Waals surface area contributed by atoms with Crippen LogP contribution in [0.1, 0.15) is 19.8 Å². The molecule has 0 spiro atoms. The average Bonchev–Trinajstić information content (AvgIpc) is 2.19. The van der Waals surface area contributed by atoms with Gasteiger partial charge in [0.05, 0.1) is 6.07 Å². The van der Waals surface area contributed by atoms with Crippen molar-refractivity contribution in [1.82, 2.24) is 0 Å². The maximum absolute atomic E-state index is 9.17. The molecule has 13 heavy (non-hydrogen) atoms. The van der Waals surface area contributed by atoms with Crippen LogP contribution in [0.4, 0.5) is 0 Å². The second-order valence-corrected chi connectivity index (χ2v) is 5.18. The Kier molecular flexibility index (Phi) is 6.36. The van der Waals surface area contributed by atoms with Crippen molar-refractivity contribution in [2.75, 3.05) is 12.5 Å². The van der Waals surface area contributed by atoms with Crippen LogP contribution in [-0.2, 0) is 0 Å². The molecule has 74 valence electrons. The van der Waals surface area contributed by atoms with Crippen molar-refractivity contribution in [2.45, 2.75) is 23.8 Å². The highest BCUT2D eigenvalue weighted by Gasteiger charge is 2.35. The highest BCUT2D eigenvalue weighted by molar-refractivity contribution is 8.18. The molecule has 0 aliphatic carbocycles. The standard InChI is InChI=1S/C10H17NS2/c1-5-7-9(6-2)10(8-11,12-3)13-4/h6,9H,2,5,7H2,1,3-4H3. The van der Waals surface area contributed by atoms with Crippen LogP contribution in [0.3, 0.4) is 0 Å². The van der Waals surface area contributed by atoms with E-state index < -0.39 is 0 Å². The molecule has 0 rings (SSSR count). The fraction of sp³-hybridized carbons (Fsp3) is 0.700. The monoisotopic (exact) mass is 215 g/mol. The molecule has 1 atom stereocenters. The van der Waals surface area contributed by atoms with Crippen LogP contribution in [0.2, 0.25) is 0 Å². The third kappa shape index (κ3) is 2.96. The van der Waals surface area contributed by atoms with Crippen molar-refractivity contribution < 1.29 is 0 Å². The molecule has 0 aliphatic heterocycles. The maximum Gasteiger partial charge on any atom is 0.153 e. The second kappa shape index (κ2) is 6.39. The summed E-state index contributed by atoms with van der Waals surface area (Å²) >= 11 is 3.24. The smallest absolute Gasteiger partial charge is 0.153 e. The molecule has 0 aromatic rings. The lowest BCUT2D eigenvalue weighted by molar-refractivity contribution is 0.583. The summed E-state index contributed by atoms with van der Waals surface area (Å²) in [6, 6.07) is 2.41. The quantitative estimate of drug-likeness (QED) is 0.500. The van der Waals surface area contributed by atoms with Crippen LogP contribution in [0.5, 0.6) is 0 Å². The van der Waals surface area contributed by atoms with Crippen LogP contribution in [0, 0.1) is 17.2 Å². The summed E-state index contributed by atoms with van der Waals surface area (Å²) in [6.45, 7) is 5.95. The van der Waals surface area contributed by atoms with Gasteiger partial charge in [-0.05, 0) is 18.9 Å². The number of hydrogen-bond acceptors (Lipinski definition) is 3. The van der Waals surface area contributed by atoms with Gasteiger partial charge in [-0.3, -0.25) is 0 Å². The Morgan fingerprint density at radius 2 is 2.08 bits per heavy atom. The molecule has 0 N–H and O–H groups in total. The van der Waals surface area contributed by atoms with Crippen LogP contribution < -0.4 is 0 Å². The van der Waals surface area contributed by atoms with E-state index in [1.54, 1.807) is 23.5 Å². The average molecular weight is 215 g/mol. The lowest BCUT2D eigenvalue weighted by Gasteiger charge is -2.29. The fourth-order valence-electron chi connectivity index (χ4n) is 1.33. The Labute approximate surface area is 90.0 Å². The van der Waals surface area contributed by atoms with Gasteiger partial charge in [0, 0.05) is 5.92 Å². The number of rotatable bonds is 6. The summed E-state index contributed by atoms with van der Waals surface area (Å²) in [5, 5.41) is 9.17. The summed E-state index contributed by atoms with van der Waals surface area (Å²) in [7, 11) is 0. The molecule has 0 bridgehead atoms. The van der Waals surface area contributed by atoms with Gasteiger partial charge in [-0.1, -0.05) is 19.4 Å². The van der Waals surface area contributed by atoms with E-state index in [1.807, 2.05) is 18.6 Å². The van der Waals surface area contributed by atoms with E-state index in [0.717, 1.165) is 12.8 Å². The predicted molar refractivity (Wildman–Crippen MR) is 64.0 cm³/mol. The number of thioether (sulfide) groups is 2. The van der Waals surface area contributed by atoms with E-state index in [0.29, 0.717) is 0 Å². The Morgan fingerprint density at radius 3 is 2.31 bits per heavy atom. The highest BCUT2D eigenvalue weighted by Crippen LogP contribution is 2.42. The fourth-order valence-corrected chi connectivity index (χ4v) is 3.22. The summed E-state index contributed by atoms with van der Waals surface area (Å²) in [5.74, 6) is 0.285. The zero-order valence-corrected chi connectivity index (χ0v) is 10.2. The molecule has 0 radical (unpaired) electrons. The van der Waals surface area contributed by atoms with Gasteiger partial charge in [0.1, 0.15) is 0 Å². The molecule has 0 saturated carbocycles. The van der Waals surface area contributed by atoms with Crippen LogP contribution >= 0.6 is 23.5 Å². The van der Waals surface area contributed by atoms with Crippen molar-refractivity contribution in [2.24, 2.45) is 5.92 Å². The van der Waals surface area contributed by atoms with E-state index in [9.17, 15) is 0 Å². The number of allylic oxidation sites excluding steroid dienone is 1. The van der Waals surface area contributed by atoms with Crippen LogP contribution in [-0.4, -0.2) is 16.6 Å². The molecule has 0 aliphatic rings. The Morgan fingerprint density at radius 1 is 1.54 bits per heavy atom. The predicted octanol–water partition coefficient (Wildman–Crippen LogP) is 3.53. The number of nitriles is 1. The normalized spacial score (nSPS) is 13.4. The molecule has 0 aromatic carbocycles. The Balaban J connectivity index is 4.68. The first kappa shape index (κ1) is 12.9. The van der Waals surface area contributed by atoms with Gasteiger partial charge in [0.15, 0.2) is 4.08 Å². The van der Waals surface area contributed by atoms with Crippen molar-refractivity contribution in [3.63, 3.8) is 0 Å². The number of nitrogens with zero attached hydrogens (tertiary/aromatic N) is 1. The molecular formula is C10H17NS2. The van der Waals surface area contributed by atoms with Crippen molar-refractivity contribution in [3.8, 4) is 6.07 Å². The maximum atomic E-state index is 9.17. The summed E-state index contributed by atoms with van der Waals surface area (Å²) in [6.07, 6.45) is 8.04. The van der Waals surface area contributed by atoms with E-state index in [-0.39, 0.29) is 10.00 Å².